The van der Waals surface area contributed by atoms with Crippen LogP contribution in [0, 0.1) is 0 Å². The SMILES string of the molecule is Brc1ccccc1CN1CC1. The van der Waals surface area contributed by atoms with Crippen molar-refractivity contribution in [3.63, 3.8) is 0 Å². The lowest BCUT2D eigenvalue weighted by molar-refractivity contribution is 0.555. The summed E-state index contributed by atoms with van der Waals surface area (Å²) < 4.78 is 1.23. The lowest BCUT2D eigenvalue weighted by atomic mass is 10.2. The first kappa shape index (κ1) is 7.32. The van der Waals surface area contributed by atoms with E-state index in [1.54, 1.807) is 0 Å². The van der Waals surface area contributed by atoms with Crippen LogP contribution in [0.5, 0.6) is 0 Å². The Balaban J connectivity index is 2.15. The molecule has 11 heavy (non-hydrogen) atoms. The number of halogens is 1. The van der Waals surface area contributed by atoms with Crippen LogP contribution in [0.25, 0.3) is 0 Å². The van der Waals surface area contributed by atoms with Crippen LogP contribution in [-0.4, -0.2) is 18.0 Å². The second-order valence-electron chi connectivity index (χ2n) is 2.87. The summed E-state index contributed by atoms with van der Waals surface area (Å²) in [6.07, 6.45) is 0. The fourth-order valence-corrected chi connectivity index (χ4v) is 1.51. The van der Waals surface area contributed by atoms with Gasteiger partial charge in [0.2, 0.25) is 0 Å². The first-order chi connectivity index (χ1) is 5.36. The van der Waals surface area contributed by atoms with Gasteiger partial charge in [0.15, 0.2) is 0 Å². The largest absolute Gasteiger partial charge is 0.297 e. The van der Waals surface area contributed by atoms with Gasteiger partial charge in [-0.1, -0.05) is 34.1 Å². The van der Waals surface area contributed by atoms with Crippen molar-refractivity contribution in [3.8, 4) is 0 Å². The molecule has 1 aliphatic rings. The summed E-state index contributed by atoms with van der Waals surface area (Å²) in [6, 6.07) is 8.40. The highest BCUT2D eigenvalue weighted by Crippen LogP contribution is 2.20. The third-order valence-corrected chi connectivity index (χ3v) is 2.67. The second kappa shape index (κ2) is 2.95. The fourth-order valence-electron chi connectivity index (χ4n) is 1.10. The van der Waals surface area contributed by atoms with Crippen molar-refractivity contribution < 1.29 is 0 Å². The zero-order chi connectivity index (χ0) is 7.68. The third-order valence-electron chi connectivity index (χ3n) is 1.89. The van der Waals surface area contributed by atoms with Crippen molar-refractivity contribution in [2.24, 2.45) is 0 Å². The number of benzene rings is 1. The monoisotopic (exact) mass is 211 g/mol. The van der Waals surface area contributed by atoms with Gasteiger partial charge in [0.1, 0.15) is 0 Å². The molecule has 0 amide bonds. The van der Waals surface area contributed by atoms with Gasteiger partial charge < -0.3 is 0 Å². The highest BCUT2D eigenvalue weighted by molar-refractivity contribution is 9.10. The molecule has 0 N–H and O–H groups in total. The Morgan fingerprint density at radius 2 is 2.00 bits per heavy atom. The summed E-state index contributed by atoms with van der Waals surface area (Å²) in [6.45, 7) is 3.63. The van der Waals surface area contributed by atoms with Crippen molar-refractivity contribution in [3.05, 3.63) is 34.3 Å². The third kappa shape index (κ3) is 1.82. The maximum atomic E-state index is 3.53. The highest BCUT2D eigenvalue weighted by Gasteiger charge is 2.17. The van der Waals surface area contributed by atoms with Gasteiger partial charge in [-0.3, -0.25) is 4.90 Å². The second-order valence-corrected chi connectivity index (χ2v) is 3.72. The highest BCUT2D eigenvalue weighted by atomic mass is 79.9. The molecule has 1 aromatic rings. The average Bonchev–Trinajstić information content (AvgIpc) is 2.78. The van der Waals surface area contributed by atoms with Crippen LogP contribution >= 0.6 is 15.9 Å². The Morgan fingerprint density at radius 1 is 1.27 bits per heavy atom. The van der Waals surface area contributed by atoms with Gasteiger partial charge in [-0.25, -0.2) is 0 Å². The topological polar surface area (TPSA) is 3.01 Å². The molecule has 1 nitrogen and oxygen atoms in total. The number of rotatable bonds is 2. The minimum atomic E-state index is 1.10. The van der Waals surface area contributed by atoms with Crippen LogP contribution in [0.15, 0.2) is 28.7 Å². The van der Waals surface area contributed by atoms with Gasteiger partial charge in [0.25, 0.3) is 0 Å². The normalized spacial score (nSPS) is 16.8. The zero-order valence-corrected chi connectivity index (χ0v) is 7.84. The Labute approximate surface area is 75.1 Å². The molecule has 2 heteroatoms. The summed E-state index contributed by atoms with van der Waals surface area (Å²) >= 11 is 3.53. The van der Waals surface area contributed by atoms with Crippen LogP contribution in [-0.2, 0) is 6.54 Å². The van der Waals surface area contributed by atoms with E-state index < -0.39 is 0 Å². The number of hydrogen-bond donors (Lipinski definition) is 0. The Kier molecular flexibility index (Phi) is 1.96. The van der Waals surface area contributed by atoms with Crippen LogP contribution in [0.2, 0.25) is 0 Å². The van der Waals surface area contributed by atoms with E-state index in [9.17, 15) is 0 Å². The Hall–Kier alpha value is -0.340. The molecule has 0 saturated carbocycles. The van der Waals surface area contributed by atoms with Gasteiger partial charge in [-0.2, -0.15) is 0 Å². The molecule has 0 spiro atoms. The van der Waals surface area contributed by atoms with E-state index in [2.05, 4.69) is 45.1 Å². The molecule has 1 fully saturated rings. The minimum absolute atomic E-state index is 1.10. The molecule has 1 aliphatic heterocycles. The first-order valence-corrected chi connectivity index (χ1v) is 4.61. The van der Waals surface area contributed by atoms with Gasteiger partial charge in [-0.05, 0) is 11.6 Å². The van der Waals surface area contributed by atoms with Crippen molar-refractivity contribution in [1.29, 1.82) is 0 Å². The van der Waals surface area contributed by atoms with E-state index in [0.717, 1.165) is 6.54 Å². The summed E-state index contributed by atoms with van der Waals surface area (Å²) in [5, 5.41) is 0. The molecule has 0 atom stereocenters. The van der Waals surface area contributed by atoms with Crippen molar-refractivity contribution in [2.75, 3.05) is 13.1 Å². The molecular weight excluding hydrogens is 202 g/mol. The van der Waals surface area contributed by atoms with Crippen LogP contribution in [0.3, 0.4) is 0 Å². The van der Waals surface area contributed by atoms with Crippen LogP contribution in [0.1, 0.15) is 5.56 Å². The number of nitrogens with zero attached hydrogens (tertiary/aromatic N) is 1. The lowest BCUT2D eigenvalue weighted by Crippen LogP contribution is -1.96. The van der Waals surface area contributed by atoms with Gasteiger partial charge in [-0.15, -0.1) is 0 Å². The summed E-state index contributed by atoms with van der Waals surface area (Å²) in [4.78, 5) is 2.40. The van der Waals surface area contributed by atoms with Crippen LogP contribution in [0.4, 0.5) is 0 Å². The van der Waals surface area contributed by atoms with E-state index in [1.807, 2.05) is 0 Å². The molecule has 0 bridgehead atoms. The van der Waals surface area contributed by atoms with E-state index in [4.69, 9.17) is 0 Å². The average molecular weight is 212 g/mol. The van der Waals surface area contributed by atoms with Crippen molar-refractivity contribution in [2.45, 2.75) is 6.54 Å². The smallest absolute Gasteiger partial charge is 0.0246 e. The molecule has 0 radical (unpaired) electrons. The molecular formula is C9H10BrN. The molecule has 0 aliphatic carbocycles. The van der Waals surface area contributed by atoms with E-state index in [0.29, 0.717) is 0 Å². The maximum Gasteiger partial charge on any atom is 0.0246 e. The van der Waals surface area contributed by atoms with Gasteiger partial charge >= 0.3 is 0 Å². The Morgan fingerprint density at radius 3 is 2.64 bits per heavy atom. The molecule has 1 aromatic carbocycles. The van der Waals surface area contributed by atoms with Crippen LogP contribution < -0.4 is 0 Å². The molecule has 1 heterocycles. The Bertz CT molecular complexity index is 255. The minimum Gasteiger partial charge on any atom is -0.297 e. The van der Waals surface area contributed by atoms with Crippen molar-refractivity contribution in [1.82, 2.24) is 4.90 Å². The lowest BCUT2D eigenvalue weighted by Gasteiger charge is -2.02. The predicted molar refractivity (Wildman–Crippen MR) is 49.4 cm³/mol. The van der Waals surface area contributed by atoms with E-state index >= 15 is 0 Å². The predicted octanol–water partition coefficient (Wildman–Crippen LogP) is 2.26. The standard InChI is InChI=1S/C9H10BrN/c10-9-4-2-1-3-8(9)7-11-5-6-11/h1-4H,5-7H2. The van der Waals surface area contributed by atoms with Gasteiger partial charge in [0, 0.05) is 24.1 Å². The maximum absolute atomic E-state index is 3.53. The molecule has 0 aromatic heterocycles. The van der Waals surface area contributed by atoms with Gasteiger partial charge in [0.05, 0.1) is 0 Å². The number of hydrogen-bond acceptors (Lipinski definition) is 1. The van der Waals surface area contributed by atoms with E-state index in [1.165, 1.54) is 23.1 Å². The zero-order valence-electron chi connectivity index (χ0n) is 6.26. The summed E-state index contributed by atoms with van der Waals surface area (Å²) in [5.41, 5.74) is 1.39. The molecule has 2 rings (SSSR count). The fraction of sp³-hybridized carbons (Fsp3) is 0.333. The summed E-state index contributed by atoms with van der Waals surface area (Å²) in [7, 11) is 0. The molecule has 58 valence electrons. The molecule has 1 saturated heterocycles. The summed E-state index contributed by atoms with van der Waals surface area (Å²) in [5.74, 6) is 0. The first-order valence-electron chi connectivity index (χ1n) is 3.82. The molecule has 0 unspecified atom stereocenters. The van der Waals surface area contributed by atoms with E-state index in [-0.39, 0.29) is 0 Å². The quantitative estimate of drug-likeness (QED) is 0.679. The van der Waals surface area contributed by atoms with Crippen molar-refractivity contribution >= 4 is 15.9 Å².